The predicted octanol–water partition coefficient (Wildman–Crippen LogP) is 4.65. The van der Waals surface area contributed by atoms with Crippen LogP contribution in [-0.4, -0.2) is 19.9 Å². The molecule has 0 bridgehead atoms. The van der Waals surface area contributed by atoms with Gasteiger partial charge in [0.15, 0.2) is 11.5 Å². The number of aromatic amines is 1. The number of imidazole rings is 1. The van der Waals surface area contributed by atoms with Crippen LogP contribution in [0.1, 0.15) is 29.2 Å². The van der Waals surface area contributed by atoms with Gasteiger partial charge in [-0.3, -0.25) is 0 Å². The Hall–Kier alpha value is -4.38. The third kappa shape index (κ3) is 4.31. The van der Waals surface area contributed by atoms with Crippen LogP contribution in [0.4, 0.5) is 23.1 Å². The summed E-state index contributed by atoms with van der Waals surface area (Å²) in [5.41, 5.74) is 13.4. The third-order valence-corrected chi connectivity index (χ3v) is 4.75. The average Bonchev–Trinajstić information content (AvgIpc) is 3.19. The molecule has 0 saturated heterocycles. The maximum Gasteiger partial charge on any atom is 0.231 e. The summed E-state index contributed by atoms with van der Waals surface area (Å²) < 4.78 is 0. The van der Waals surface area contributed by atoms with Crippen molar-refractivity contribution in [3.63, 3.8) is 0 Å². The van der Waals surface area contributed by atoms with Gasteiger partial charge in [-0.1, -0.05) is 0 Å². The molecule has 0 radical (unpaired) electrons. The summed E-state index contributed by atoms with van der Waals surface area (Å²) in [6.07, 6.45) is 3.54. The minimum Gasteiger partial charge on any atom is -0.402 e. The highest BCUT2D eigenvalue weighted by Crippen LogP contribution is 2.29. The maximum absolute atomic E-state index is 8.97. The maximum atomic E-state index is 8.97. The van der Waals surface area contributed by atoms with Crippen molar-refractivity contribution in [2.75, 3.05) is 10.6 Å². The molecular formula is C23H22N8. The van der Waals surface area contributed by atoms with Crippen LogP contribution in [0, 0.1) is 25.2 Å². The first-order valence-corrected chi connectivity index (χ1v) is 9.73. The van der Waals surface area contributed by atoms with Crippen molar-refractivity contribution < 1.29 is 0 Å². The first kappa shape index (κ1) is 19.9. The van der Waals surface area contributed by atoms with Gasteiger partial charge in [-0.25, -0.2) is 4.98 Å². The number of nitriles is 1. The van der Waals surface area contributed by atoms with E-state index in [0.29, 0.717) is 28.5 Å². The zero-order valence-corrected chi connectivity index (χ0v) is 17.5. The molecule has 4 rings (SSSR count). The zero-order valence-electron chi connectivity index (χ0n) is 17.5. The molecule has 2 heterocycles. The lowest BCUT2D eigenvalue weighted by Gasteiger charge is -2.15. The van der Waals surface area contributed by atoms with E-state index in [9.17, 15) is 0 Å². The average molecular weight is 410 g/mol. The molecule has 8 heteroatoms. The highest BCUT2D eigenvalue weighted by Gasteiger charge is 2.13. The minimum absolute atomic E-state index is 0.403. The number of hydrogen-bond donors (Lipinski definition) is 4. The van der Waals surface area contributed by atoms with Crippen LogP contribution >= 0.6 is 0 Å². The molecule has 2 aromatic heterocycles. The van der Waals surface area contributed by atoms with E-state index >= 15 is 0 Å². The fraction of sp³-hybridized carbons (Fsp3) is 0.130. The largest absolute Gasteiger partial charge is 0.402 e. The van der Waals surface area contributed by atoms with E-state index in [1.54, 1.807) is 18.5 Å². The lowest BCUT2D eigenvalue weighted by Crippen LogP contribution is -2.04. The second-order valence-electron chi connectivity index (χ2n) is 7.35. The molecule has 0 aliphatic carbocycles. The first-order valence-electron chi connectivity index (χ1n) is 9.73. The topological polar surface area (TPSA) is 128 Å². The quantitative estimate of drug-likeness (QED) is 0.377. The Morgan fingerprint density at radius 1 is 1.10 bits per heavy atom. The molecule has 0 aliphatic rings. The number of rotatable bonds is 5. The van der Waals surface area contributed by atoms with Crippen LogP contribution in [0.15, 0.2) is 48.4 Å². The number of H-pyrrole nitrogens is 1. The summed E-state index contributed by atoms with van der Waals surface area (Å²) in [5.74, 6) is 1.02. The number of nitrogens with zero attached hydrogens (tertiary/aromatic N) is 4. The summed E-state index contributed by atoms with van der Waals surface area (Å²) in [5, 5.41) is 15.6. The SMILES string of the molecule is C/C(N)=C\c1cc(C)c(Nc2nc(Nc3ccc(C#N)cc3)nc3nc[nH]c23)c(C)c1. The van der Waals surface area contributed by atoms with E-state index in [-0.39, 0.29) is 0 Å². The lowest BCUT2D eigenvalue weighted by atomic mass is 10.0. The molecule has 0 fully saturated rings. The number of fused-ring (bicyclic) bond motifs is 1. The van der Waals surface area contributed by atoms with Crippen LogP contribution in [-0.2, 0) is 0 Å². The van der Waals surface area contributed by atoms with E-state index in [1.807, 2.05) is 39.0 Å². The van der Waals surface area contributed by atoms with E-state index in [4.69, 9.17) is 11.0 Å². The van der Waals surface area contributed by atoms with Gasteiger partial charge >= 0.3 is 0 Å². The van der Waals surface area contributed by atoms with Crippen molar-refractivity contribution in [2.45, 2.75) is 20.8 Å². The first-order chi connectivity index (χ1) is 14.9. The van der Waals surface area contributed by atoms with Crippen LogP contribution < -0.4 is 16.4 Å². The van der Waals surface area contributed by atoms with E-state index in [1.165, 1.54) is 0 Å². The number of aromatic nitrogens is 4. The molecule has 0 atom stereocenters. The Morgan fingerprint density at radius 2 is 1.81 bits per heavy atom. The standard InChI is InChI=1S/C23H22N8/c1-13-8-17(10-15(3)25)9-14(2)19(13)29-22-20-21(27-12-26-20)30-23(31-22)28-18-6-4-16(11-24)5-7-18/h4-10,12H,25H2,1-3H3,(H3,26,27,28,29,30,31)/b15-10+. The van der Waals surface area contributed by atoms with Gasteiger partial charge in [-0.2, -0.15) is 15.2 Å². The van der Waals surface area contributed by atoms with Gasteiger partial charge in [0.1, 0.15) is 5.52 Å². The van der Waals surface area contributed by atoms with Crippen LogP contribution in [0.2, 0.25) is 0 Å². The summed E-state index contributed by atoms with van der Waals surface area (Å²) in [4.78, 5) is 16.5. The smallest absolute Gasteiger partial charge is 0.231 e. The van der Waals surface area contributed by atoms with Crippen molar-refractivity contribution in [2.24, 2.45) is 5.73 Å². The zero-order chi connectivity index (χ0) is 22.0. The second kappa shape index (κ2) is 8.16. The van der Waals surface area contributed by atoms with Gasteiger partial charge in [0.25, 0.3) is 0 Å². The summed E-state index contributed by atoms with van der Waals surface area (Å²) in [7, 11) is 0. The molecule has 31 heavy (non-hydrogen) atoms. The Balaban J connectivity index is 1.70. The fourth-order valence-electron chi connectivity index (χ4n) is 3.40. The number of hydrogen-bond acceptors (Lipinski definition) is 7. The van der Waals surface area contributed by atoms with Crippen molar-refractivity contribution in [1.29, 1.82) is 5.26 Å². The number of nitrogens with two attached hydrogens (primary N) is 1. The number of allylic oxidation sites excluding steroid dienone is 1. The fourth-order valence-corrected chi connectivity index (χ4v) is 3.40. The van der Waals surface area contributed by atoms with Gasteiger partial charge in [-0.05, 0) is 79.9 Å². The molecule has 4 aromatic rings. The van der Waals surface area contributed by atoms with Gasteiger partial charge in [0.05, 0.1) is 18.0 Å². The molecule has 8 nitrogen and oxygen atoms in total. The molecule has 0 spiro atoms. The van der Waals surface area contributed by atoms with Crippen molar-refractivity contribution in [3.8, 4) is 6.07 Å². The van der Waals surface area contributed by atoms with E-state index in [0.717, 1.165) is 33.8 Å². The number of benzene rings is 2. The number of anilines is 4. The third-order valence-electron chi connectivity index (χ3n) is 4.75. The van der Waals surface area contributed by atoms with E-state index in [2.05, 4.69) is 48.8 Å². The normalized spacial score (nSPS) is 11.4. The van der Waals surface area contributed by atoms with Crippen LogP contribution in [0.5, 0.6) is 0 Å². The van der Waals surface area contributed by atoms with Gasteiger partial charge in [0, 0.05) is 17.1 Å². The van der Waals surface area contributed by atoms with Gasteiger partial charge < -0.3 is 21.4 Å². The molecule has 0 unspecified atom stereocenters. The molecular weight excluding hydrogens is 388 g/mol. The Morgan fingerprint density at radius 3 is 2.45 bits per heavy atom. The monoisotopic (exact) mass is 410 g/mol. The molecule has 154 valence electrons. The molecule has 0 amide bonds. The summed E-state index contributed by atoms with van der Waals surface area (Å²) >= 11 is 0. The summed E-state index contributed by atoms with van der Waals surface area (Å²) in [6.45, 7) is 5.95. The second-order valence-corrected chi connectivity index (χ2v) is 7.35. The van der Waals surface area contributed by atoms with Crippen LogP contribution in [0.3, 0.4) is 0 Å². The van der Waals surface area contributed by atoms with E-state index < -0.39 is 0 Å². The van der Waals surface area contributed by atoms with Crippen molar-refractivity contribution >= 4 is 40.4 Å². The number of nitrogens with one attached hydrogen (secondary N) is 3. The Bertz CT molecular complexity index is 1300. The highest BCUT2D eigenvalue weighted by molar-refractivity contribution is 5.87. The molecule has 2 aromatic carbocycles. The molecule has 0 aliphatic heterocycles. The Kier molecular flexibility index (Phi) is 5.24. The number of aryl methyl sites for hydroxylation is 2. The molecule has 0 saturated carbocycles. The van der Waals surface area contributed by atoms with Gasteiger partial charge in [0.2, 0.25) is 5.95 Å². The van der Waals surface area contributed by atoms with Crippen molar-refractivity contribution in [1.82, 2.24) is 19.9 Å². The minimum atomic E-state index is 0.403. The lowest BCUT2D eigenvalue weighted by molar-refractivity contribution is 1.19. The predicted molar refractivity (Wildman–Crippen MR) is 123 cm³/mol. The highest BCUT2D eigenvalue weighted by atomic mass is 15.2. The van der Waals surface area contributed by atoms with Crippen LogP contribution in [0.25, 0.3) is 17.2 Å². The van der Waals surface area contributed by atoms with Crippen molar-refractivity contribution in [3.05, 3.63) is 70.7 Å². The molecule has 5 N–H and O–H groups in total. The Labute approximate surface area is 179 Å². The van der Waals surface area contributed by atoms with Gasteiger partial charge in [-0.15, -0.1) is 0 Å². The summed E-state index contributed by atoms with van der Waals surface area (Å²) in [6, 6.07) is 13.4.